The molecule has 0 aliphatic carbocycles. The number of hydrogen-bond donors (Lipinski definition) is 0. The van der Waals surface area contributed by atoms with E-state index in [1.165, 1.54) is 0 Å². The van der Waals surface area contributed by atoms with E-state index in [1.54, 1.807) is 19.5 Å². The molecule has 0 N–H and O–H groups in total. The summed E-state index contributed by atoms with van der Waals surface area (Å²) in [5.41, 5.74) is 1.52. The summed E-state index contributed by atoms with van der Waals surface area (Å²) in [5.74, 6) is 2.44. The Morgan fingerprint density at radius 2 is 2.10 bits per heavy atom. The van der Waals surface area contributed by atoms with Crippen molar-refractivity contribution in [3.8, 4) is 5.88 Å². The van der Waals surface area contributed by atoms with E-state index in [0.717, 1.165) is 29.4 Å². The highest BCUT2D eigenvalue weighted by Gasteiger charge is 2.15. The molecule has 0 unspecified atom stereocenters. The van der Waals surface area contributed by atoms with Crippen molar-refractivity contribution in [1.29, 1.82) is 0 Å². The molecule has 0 atom stereocenters. The lowest BCUT2D eigenvalue weighted by Gasteiger charge is -2.08. The Kier molecular flexibility index (Phi) is 3.74. The number of aromatic nitrogens is 6. The summed E-state index contributed by atoms with van der Waals surface area (Å²) in [5, 5.41) is 8.09. The predicted molar refractivity (Wildman–Crippen MR) is 78.4 cm³/mol. The summed E-state index contributed by atoms with van der Waals surface area (Å²) in [6.07, 6.45) is 1.71. The lowest BCUT2D eigenvalue weighted by Crippen LogP contribution is -2.10. The zero-order valence-corrected chi connectivity index (χ0v) is 12.6. The number of nitrogens with zero attached hydrogens (tertiary/aromatic N) is 6. The molecule has 0 spiro atoms. The van der Waals surface area contributed by atoms with Crippen molar-refractivity contribution in [2.24, 2.45) is 0 Å². The Balaban J connectivity index is 2.10. The molecule has 0 bridgehead atoms. The lowest BCUT2D eigenvalue weighted by atomic mass is 10.4. The van der Waals surface area contributed by atoms with E-state index in [0.29, 0.717) is 18.3 Å². The zero-order valence-electron chi connectivity index (χ0n) is 11.8. The fourth-order valence-electron chi connectivity index (χ4n) is 2.22. The van der Waals surface area contributed by atoms with Gasteiger partial charge in [-0.1, -0.05) is 0 Å². The maximum atomic E-state index is 6.01. The van der Waals surface area contributed by atoms with Crippen LogP contribution in [0.15, 0.2) is 18.5 Å². The van der Waals surface area contributed by atoms with Gasteiger partial charge in [-0.15, -0.1) is 21.8 Å². The smallest absolute Gasteiger partial charge is 0.215 e. The van der Waals surface area contributed by atoms with Gasteiger partial charge in [-0.3, -0.25) is 0 Å². The number of halogens is 1. The van der Waals surface area contributed by atoms with Gasteiger partial charge < -0.3 is 13.9 Å². The molecule has 21 heavy (non-hydrogen) atoms. The summed E-state index contributed by atoms with van der Waals surface area (Å²) in [7, 11) is 1.59. The second kappa shape index (κ2) is 5.69. The largest absolute Gasteiger partial charge is 0.481 e. The first-order chi connectivity index (χ1) is 10.3. The zero-order chi connectivity index (χ0) is 14.8. The van der Waals surface area contributed by atoms with Gasteiger partial charge in [-0.25, -0.2) is 4.98 Å². The van der Waals surface area contributed by atoms with Crippen LogP contribution in [-0.4, -0.2) is 36.4 Å². The quantitative estimate of drug-likeness (QED) is 0.673. The number of hydrogen-bond acceptors (Lipinski definition) is 5. The molecule has 0 radical (unpaired) electrons. The number of aryl methyl sites for hydroxylation is 1. The van der Waals surface area contributed by atoms with Gasteiger partial charge in [0.25, 0.3) is 0 Å². The van der Waals surface area contributed by atoms with Gasteiger partial charge >= 0.3 is 0 Å². The standard InChI is InChI=1S/C13H15ClN6O/c1-3-19-8-15-18-11(19)7-20-10(6-14)16-9-4-5-12(21-2)17-13(9)20/h4-5,8H,3,6-7H2,1-2H3. The topological polar surface area (TPSA) is 70.7 Å². The van der Waals surface area contributed by atoms with E-state index in [9.17, 15) is 0 Å². The fourth-order valence-corrected chi connectivity index (χ4v) is 2.42. The monoisotopic (exact) mass is 306 g/mol. The van der Waals surface area contributed by atoms with Crippen LogP contribution < -0.4 is 4.74 Å². The molecule has 0 aliphatic rings. The van der Waals surface area contributed by atoms with E-state index in [4.69, 9.17) is 16.3 Å². The number of imidazole rings is 1. The Morgan fingerprint density at radius 1 is 1.24 bits per heavy atom. The summed E-state index contributed by atoms with van der Waals surface area (Å²) in [4.78, 5) is 8.96. The first kappa shape index (κ1) is 13.8. The number of ether oxygens (including phenoxy) is 1. The normalized spacial score (nSPS) is 11.2. The van der Waals surface area contributed by atoms with Crippen LogP contribution in [0.4, 0.5) is 0 Å². The molecule has 3 heterocycles. The minimum absolute atomic E-state index is 0.305. The Bertz CT molecular complexity index is 765. The summed E-state index contributed by atoms with van der Waals surface area (Å²) >= 11 is 6.01. The second-order valence-electron chi connectivity index (χ2n) is 4.48. The number of pyridine rings is 1. The van der Waals surface area contributed by atoms with E-state index >= 15 is 0 Å². The third kappa shape index (κ3) is 2.44. The first-order valence-corrected chi connectivity index (χ1v) is 7.13. The van der Waals surface area contributed by atoms with Crippen LogP contribution >= 0.6 is 11.6 Å². The molecule has 3 aromatic rings. The summed E-state index contributed by atoms with van der Waals surface area (Å²) in [6.45, 7) is 3.37. The Morgan fingerprint density at radius 3 is 2.81 bits per heavy atom. The number of methoxy groups -OCH3 is 1. The molecule has 0 amide bonds. The van der Waals surface area contributed by atoms with E-state index in [2.05, 4.69) is 20.2 Å². The number of fused-ring (bicyclic) bond motifs is 1. The molecule has 8 heteroatoms. The summed E-state index contributed by atoms with van der Waals surface area (Å²) in [6, 6.07) is 3.66. The minimum atomic E-state index is 0.305. The molecule has 110 valence electrons. The average molecular weight is 307 g/mol. The lowest BCUT2D eigenvalue weighted by molar-refractivity contribution is 0.399. The molecule has 0 saturated carbocycles. The van der Waals surface area contributed by atoms with Crippen molar-refractivity contribution in [1.82, 2.24) is 29.3 Å². The number of alkyl halides is 1. The maximum Gasteiger partial charge on any atom is 0.215 e. The molecule has 0 aromatic carbocycles. The molecule has 7 nitrogen and oxygen atoms in total. The molecule has 0 saturated heterocycles. The summed E-state index contributed by atoms with van der Waals surface area (Å²) < 4.78 is 9.10. The Labute approximate surface area is 126 Å². The van der Waals surface area contributed by atoms with Crippen molar-refractivity contribution >= 4 is 22.8 Å². The van der Waals surface area contributed by atoms with Crippen molar-refractivity contribution in [3.63, 3.8) is 0 Å². The second-order valence-corrected chi connectivity index (χ2v) is 4.74. The van der Waals surface area contributed by atoms with Crippen LogP contribution in [0.2, 0.25) is 0 Å². The van der Waals surface area contributed by atoms with Crippen LogP contribution in [0.5, 0.6) is 5.88 Å². The molecule has 0 fully saturated rings. The third-order valence-corrected chi connectivity index (χ3v) is 3.55. The molecule has 0 aliphatic heterocycles. The fraction of sp³-hybridized carbons (Fsp3) is 0.385. The van der Waals surface area contributed by atoms with Gasteiger partial charge in [-0.2, -0.15) is 4.98 Å². The Hall–Kier alpha value is -2.15. The van der Waals surface area contributed by atoms with Crippen molar-refractivity contribution in [3.05, 3.63) is 30.1 Å². The maximum absolute atomic E-state index is 6.01. The van der Waals surface area contributed by atoms with Crippen molar-refractivity contribution in [2.75, 3.05) is 7.11 Å². The van der Waals surface area contributed by atoms with Crippen LogP contribution in [0.25, 0.3) is 11.2 Å². The van der Waals surface area contributed by atoms with Crippen LogP contribution in [0, 0.1) is 0 Å². The van der Waals surface area contributed by atoms with Gasteiger partial charge in [0.05, 0.1) is 19.5 Å². The van der Waals surface area contributed by atoms with E-state index < -0.39 is 0 Å². The first-order valence-electron chi connectivity index (χ1n) is 6.59. The highest BCUT2D eigenvalue weighted by Crippen LogP contribution is 2.20. The van der Waals surface area contributed by atoms with Gasteiger partial charge in [0.15, 0.2) is 11.5 Å². The van der Waals surface area contributed by atoms with E-state index in [1.807, 2.05) is 22.1 Å². The van der Waals surface area contributed by atoms with Crippen molar-refractivity contribution in [2.45, 2.75) is 25.9 Å². The van der Waals surface area contributed by atoms with E-state index in [-0.39, 0.29) is 0 Å². The third-order valence-electron chi connectivity index (χ3n) is 3.31. The SMILES string of the molecule is CCn1cnnc1Cn1c(CCl)nc2ccc(OC)nc21. The van der Waals surface area contributed by atoms with Gasteiger partial charge in [0, 0.05) is 12.6 Å². The van der Waals surface area contributed by atoms with Crippen molar-refractivity contribution < 1.29 is 4.74 Å². The molecule has 3 rings (SSSR count). The highest BCUT2D eigenvalue weighted by molar-refractivity contribution is 6.16. The molecular formula is C13H15ClN6O. The molecule has 3 aromatic heterocycles. The predicted octanol–water partition coefficient (Wildman–Crippen LogP) is 1.84. The molecular weight excluding hydrogens is 292 g/mol. The van der Waals surface area contributed by atoms with Gasteiger partial charge in [-0.05, 0) is 13.0 Å². The average Bonchev–Trinajstić information content (AvgIpc) is 3.11. The number of rotatable bonds is 5. The van der Waals surface area contributed by atoms with Crippen LogP contribution in [0.3, 0.4) is 0 Å². The van der Waals surface area contributed by atoms with Crippen LogP contribution in [-0.2, 0) is 19.0 Å². The van der Waals surface area contributed by atoms with Gasteiger partial charge in [0.1, 0.15) is 17.7 Å². The highest BCUT2D eigenvalue weighted by atomic mass is 35.5. The van der Waals surface area contributed by atoms with Gasteiger partial charge in [0.2, 0.25) is 5.88 Å². The van der Waals surface area contributed by atoms with Crippen LogP contribution in [0.1, 0.15) is 18.6 Å². The minimum Gasteiger partial charge on any atom is -0.481 e.